The summed E-state index contributed by atoms with van der Waals surface area (Å²) in [6, 6.07) is 17.6. The first-order valence-corrected chi connectivity index (χ1v) is 9.59. The number of halogens is 1. The number of para-hydroxylation sites is 2. The molecular weight excluding hydrogens is 374 g/mol. The van der Waals surface area contributed by atoms with Crippen LogP contribution in [0.5, 0.6) is 5.75 Å². The average Bonchev–Trinajstić information content (AvgIpc) is 2.76. The molecule has 6 nitrogen and oxygen atoms in total. The van der Waals surface area contributed by atoms with Crippen LogP contribution in [-0.2, 0) is 0 Å². The number of methoxy groups -OCH3 is 1. The molecule has 1 aliphatic heterocycles. The summed E-state index contributed by atoms with van der Waals surface area (Å²) in [4.78, 5) is 13.6. The van der Waals surface area contributed by atoms with Crippen LogP contribution in [0.3, 0.4) is 0 Å². The lowest BCUT2D eigenvalue weighted by atomic mass is 10.2. The van der Waals surface area contributed by atoms with Crippen molar-refractivity contribution in [3.8, 4) is 5.75 Å². The summed E-state index contributed by atoms with van der Waals surface area (Å²) in [6.07, 6.45) is 1.78. The minimum absolute atomic E-state index is 0.576. The second kappa shape index (κ2) is 8.35. The summed E-state index contributed by atoms with van der Waals surface area (Å²) in [6.45, 7) is 3.58. The minimum Gasteiger partial charge on any atom is -0.495 e. The highest BCUT2D eigenvalue weighted by Gasteiger charge is 2.20. The summed E-state index contributed by atoms with van der Waals surface area (Å²) >= 11 is 5.94. The number of nitrogens with one attached hydrogen (secondary N) is 1. The van der Waals surface area contributed by atoms with Crippen LogP contribution in [0.15, 0.2) is 60.8 Å². The second-order valence-corrected chi connectivity index (χ2v) is 6.95. The molecule has 0 bridgehead atoms. The zero-order valence-corrected chi connectivity index (χ0v) is 16.4. The van der Waals surface area contributed by atoms with Gasteiger partial charge in [-0.25, -0.2) is 4.98 Å². The van der Waals surface area contributed by atoms with Crippen molar-refractivity contribution in [2.24, 2.45) is 0 Å². The molecule has 0 spiro atoms. The molecule has 3 aromatic rings. The first kappa shape index (κ1) is 18.4. The fourth-order valence-electron chi connectivity index (χ4n) is 3.32. The zero-order chi connectivity index (χ0) is 19.3. The molecule has 0 radical (unpaired) electrons. The number of hydrogen-bond acceptors (Lipinski definition) is 6. The first-order valence-electron chi connectivity index (χ1n) is 9.21. The van der Waals surface area contributed by atoms with Gasteiger partial charge in [0.1, 0.15) is 11.6 Å². The van der Waals surface area contributed by atoms with Gasteiger partial charge in [0, 0.05) is 43.1 Å². The van der Waals surface area contributed by atoms with Gasteiger partial charge in [-0.3, -0.25) is 0 Å². The van der Waals surface area contributed by atoms with Crippen LogP contribution in [0.2, 0.25) is 5.02 Å². The van der Waals surface area contributed by atoms with E-state index in [2.05, 4.69) is 31.2 Å². The number of anilines is 4. The molecule has 4 rings (SSSR count). The van der Waals surface area contributed by atoms with E-state index < -0.39 is 0 Å². The Hall–Kier alpha value is -2.99. The molecule has 28 heavy (non-hydrogen) atoms. The number of nitrogens with zero attached hydrogens (tertiary/aromatic N) is 4. The van der Waals surface area contributed by atoms with Crippen LogP contribution in [0.25, 0.3) is 0 Å². The summed E-state index contributed by atoms with van der Waals surface area (Å²) in [5.41, 5.74) is 2.04. The van der Waals surface area contributed by atoms with E-state index in [9.17, 15) is 0 Å². The number of ether oxygens (including phenoxy) is 1. The summed E-state index contributed by atoms with van der Waals surface area (Å²) < 4.78 is 5.50. The van der Waals surface area contributed by atoms with Crippen molar-refractivity contribution >= 4 is 34.7 Å². The maximum atomic E-state index is 5.94. The lowest BCUT2D eigenvalue weighted by Crippen LogP contribution is -2.47. The monoisotopic (exact) mass is 395 g/mol. The normalized spacial score (nSPS) is 14.1. The quantitative estimate of drug-likeness (QED) is 0.698. The Kier molecular flexibility index (Phi) is 5.48. The van der Waals surface area contributed by atoms with E-state index in [0.717, 1.165) is 49.1 Å². The van der Waals surface area contributed by atoms with E-state index in [4.69, 9.17) is 16.3 Å². The number of piperazine rings is 1. The first-order chi connectivity index (χ1) is 13.7. The molecule has 0 atom stereocenters. The van der Waals surface area contributed by atoms with Gasteiger partial charge in [-0.15, -0.1) is 0 Å². The Morgan fingerprint density at radius 3 is 2.39 bits per heavy atom. The zero-order valence-electron chi connectivity index (χ0n) is 15.7. The van der Waals surface area contributed by atoms with Crippen LogP contribution >= 0.6 is 11.6 Å². The molecule has 0 aliphatic carbocycles. The molecule has 1 fully saturated rings. The molecule has 1 saturated heterocycles. The van der Waals surface area contributed by atoms with Gasteiger partial charge in [-0.05, 0) is 42.5 Å². The van der Waals surface area contributed by atoms with Gasteiger partial charge in [-0.2, -0.15) is 4.98 Å². The van der Waals surface area contributed by atoms with E-state index in [1.54, 1.807) is 13.3 Å². The molecule has 2 heterocycles. The summed E-state index contributed by atoms with van der Waals surface area (Å²) in [5.74, 6) is 2.41. The Morgan fingerprint density at radius 2 is 1.64 bits per heavy atom. The molecular formula is C21H22ClN5O. The number of aromatic nitrogens is 2. The smallest absolute Gasteiger partial charge is 0.229 e. The maximum Gasteiger partial charge on any atom is 0.229 e. The molecule has 1 aliphatic rings. The van der Waals surface area contributed by atoms with Crippen LogP contribution in [0, 0.1) is 0 Å². The molecule has 144 valence electrons. The standard InChI is InChI=1S/C21H22ClN5O/c1-28-19-5-3-2-4-18(19)26-12-14-27(15-13-26)20-10-11-23-21(25-20)24-17-8-6-16(22)7-9-17/h2-11H,12-15H2,1H3,(H,23,24,25). The van der Waals surface area contributed by atoms with E-state index in [1.807, 2.05) is 48.5 Å². The fraction of sp³-hybridized carbons (Fsp3) is 0.238. The molecule has 0 unspecified atom stereocenters. The topological polar surface area (TPSA) is 53.5 Å². The van der Waals surface area contributed by atoms with Gasteiger partial charge in [0.15, 0.2) is 0 Å². The lowest BCUT2D eigenvalue weighted by Gasteiger charge is -2.37. The third-order valence-corrected chi connectivity index (χ3v) is 5.02. The largest absolute Gasteiger partial charge is 0.495 e. The SMILES string of the molecule is COc1ccccc1N1CCN(c2ccnc(Nc3ccc(Cl)cc3)n2)CC1. The molecule has 0 amide bonds. The van der Waals surface area contributed by atoms with Crippen LogP contribution in [0.4, 0.5) is 23.1 Å². The highest BCUT2D eigenvalue weighted by molar-refractivity contribution is 6.30. The second-order valence-electron chi connectivity index (χ2n) is 6.52. The number of benzene rings is 2. The predicted octanol–water partition coefficient (Wildman–Crippen LogP) is 4.21. The minimum atomic E-state index is 0.576. The van der Waals surface area contributed by atoms with Gasteiger partial charge in [0.25, 0.3) is 0 Å². The van der Waals surface area contributed by atoms with Crippen molar-refractivity contribution < 1.29 is 4.74 Å². The third-order valence-electron chi connectivity index (χ3n) is 4.77. The van der Waals surface area contributed by atoms with Crippen molar-refractivity contribution in [3.63, 3.8) is 0 Å². The Labute approximate surface area is 169 Å². The maximum absolute atomic E-state index is 5.94. The number of hydrogen-bond donors (Lipinski definition) is 1. The van der Waals surface area contributed by atoms with Crippen LogP contribution in [0.1, 0.15) is 0 Å². The van der Waals surface area contributed by atoms with E-state index >= 15 is 0 Å². The lowest BCUT2D eigenvalue weighted by molar-refractivity contribution is 0.413. The van der Waals surface area contributed by atoms with Gasteiger partial charge >= 0.3 is 0 Å². The van der Waals surface area contributed by atoms with Crippen LogP contribution < -0.4 is 19.9 Å². The van der Waals surface area contributed by atoms with Gasteiger partial charge in [0.2, 0.25) is 5.95 Å². The van der Waals surface area contributed by atoms with Crippen molar-refractivity contribution in [3.05, 3.63) is 65.8 Å². The Balaban J connectivity index is 1.42. The number of rotatable bonds is 5. The predicted molar refractivity (Wildman–Crippen MR) is 114 cm³/mol. The Bertz CT molecular complexity index is 926. The van der Waals surface area contributed by atoms with Crippen molar-refractivity contribution in [2.75, 3.05) is 48.4 Å². The highest BCUT2D eigenvalue weighted by Crippen LogP contribution is 2.29. The van der Waals surface area contributed by atoms with E-state index in [1.165, 1.54) is 0 Å². The van der Waals surface area contributed by atoms with Crippen molar-refractivity contribution in [1.82, 2.24) is 9.97 Å². The van der Waals surface area contributed by atoms with Crippen molar-refractivity contribution in [1.29, 1.82) is 0 Å². The fourth-order valence-corrected chi connectivity index (χ4v) is 3.44. The van der Waals surface area contributed by atoms with Crippen molar-refractivity contribution in [2.45, 2.75) is 0 Å². The van der Waals surface area contributed by atoms with E-state index in [0.29, 0.717) is 11.0 Å². The molecule has 0 saturated carbocycles. The highest BCUT2D eigenvalue weighted by atomic mass is 35.5. The summed E-state index contributed by atoms with van der Waals surface area (Å²) in [5, 5.41) is 3.93. The van der Waals surface area contributed by atoms with Gasteiger partial charge < -0.3 is 19.9 Å². The molecule has 2 aromatic carbocycles. The average molecular weight is 396 g/mol. The van der Waals surface area contributed by atoms with E-state index in [-0.39, 0.29) is 0 Å². The third kappa shape index (κ3) is 4.12. The van der Waals surface area contributed by atoms with Gasteiger partial charge in [0.05, 0.1) is 12.8 Å². The molecule has 7 heteroatoms. The molecule has 1 N–H and O–H groups in total. The molecule has 1 aromatic heterocycles. The van der Waals surface area contributed by atoms with Gasteiger partial charge in [-0.1, -0.05) is 23.7 Å². The van der Waals surface area contributed by atoms with Crippen LogP contribution in [-0.4, -0.2) is 43.3 Å². The summed E-state index contributed by atoms with van der Waals surface area (Å²) in [7, 11) is 1.71. The Morgan fingerprint density at radius 1 is 0.929 bits per heavy atom.